The highest BCUT2D eigenvalue weighted by Gasteiger charge is 2.34. The second-order valence-electron chi connectivity index (χ2n) is 9.27. The van der Waals surface area contributed by atoms with Crippen LogP contribution in [-0.4, -0.2) is 31.7 Å². The number of para-hydroxylation sites is 1. The second kappa shape index (κ2) is 11.8. The van der Waals surface area contributed by atoms with E-state index in [1.54, 1.807) is 44.2 Å². The van der Waals surface area contributed by atoms with Gasteiger partial charge in [-0.2, -0.15) is 18.3 Å². The van der Waals surface area contributed by atoms with Crippen molar-refractivity contribution in [3.63, 3.8) is 0 Å². The topological polar surface area (TPSA) is 83.8 Å². The van der Waals surface area contributed by atoms with Crippen molar-refractivity contribution in [2.75, 3.05) is 10.8 Å². The molecule has 7 nitrogen and oxygen atoms in total. The molecule has 41 heavy (non-hydrogen) atoms. The third-order valence-electron chi connectivity index (χ3n) is 6.32. The van der Waals surface area contributed by atoms with Gasteiger partial charge in [0.2, 0.25) is 0 Å². The van der Waals surface area contributed by atoms with Gasteiger partial charge < -0.3 is 4.57 Å². The van der Waals surface area contributed by atoms with E-state index in [2.05, 4.69) is 10.5 Å². The van der Waals surface area contributed by atoms with E-state index in [0.29, 0.717) is 22.0 Å². The van der Waals surface area contributed by atoms with E-state index >= 15 is 0 Å². The maximum atomic E-state index is 13.6. The van der Waals surface area contributed by atoms with Crippen molar-refractivity contribution in [1.82, 2.24) is 9.99 Å². The lowest BCUT2D eigenvalue weighted by Gasteiger charge is -2.23. The van der Waals surface area contributed by atoms with Gasteiger partial charge in [-0.1, -0.05) is 41.4 Å². The van der Waals surface area contributed by atoms with Crippen LogP contribution in [0.1, 0.15) is 28.1 Å². The predicted octanol–water partition coefficient (Wildman–Crippen LogP) is 6.42. The van der Waals surface area contributed by atoms with E-state index in [-0.39, 0.29) is 16.3 Å². The third kappa shape index (κ3) is 6.63. The number of amides is 1. The molecule has 214 valence electrons. The highest BCUT2D eigenvalue weighted by molar-refractivity contribution is 7.92. The van der Waals surface area contributed by atoms with Crippen LogP contribution in [0.4, 0.5) is 18.9 Å². The van der Waals surface area contributed by atoms with E-state index in [0.717, 1.165) is 15.9 Å². The number of anilines is 1. The number of alkyl halides is 3. The summed E-state index contributed by atoms with van der Waals surface area (Å²) in [5, 5.41) is 4.31. The van der Waals surface area contributed by atoms with Crippen molar-refractivity contribution in [1.29, 1.82) is 0 Å². The SMILES string of the molecule is Cc1ccc(N(CC(=O)N/N=C\c2cc(C)n(-c3ccccc3C(F)(F)F)c2C)S(=O)(=O)c2ccc(Cl)cc2)cc1. The number of nitrogens with zero attached hydrogens (tertiary/aromatic N) is 3. The molecule has 0 fully saturated rings. The molecular weight excluding hydrogens is 577 g/mol. The van der Waals surface area contributed by atoms with Crippen LogP contribution in [-0.2, 0) is 21.0 Å². The molecule has 4 aromatic rings. The van der Waals surface area contributed by atoms with Crippen LogP contribution in [0.5, 0.6) is 0 Å². The number of hydrogen-bond acceptors (Lipinski definition) is 4. The van der Waals surface area contributed by atoms with Crippen molar-refractivity contribution in [2.24, 2.45) is 5.10 Å². The van der Waals surface area contributed by atoms with Crippen LogP contribution in [0.25, 0.3) is 5.69 Å². The third-order valence-corrected chi connectivity index (χ3v) is 8.36. The fourth-order valence-electron chi connectivity index (χ4n) is 4.30. The van der Waals surface area contributed by atoms with Crippen LogP contribution >= 0.6 is 11.6 Å². The maximum absolute atomic E-state index is 13.6. The molecule has 0 spiro atoms. The molecule has 0 aliphatic rings. The van der Waals surface area contributed by atoms with Crippen molar-refractivity contribution < 1.29 is 26.4 Å². The molecule has 4 rings (SSSR count). The Morgan fingerprint density at radius 3 is 2.27 bits per heavy atom. The molecule has 3 aromatic carbocycles. The Labute approximate surface area is 240 Å². The van der Waals surface area contributed by atoms with Gasteiger partial charge in [-0.25, -0.2) is 13.8 Å². The van der Waals surface area contributed by atoms with Crippen LogP contribution < -0.4 is 9.73 Å². The van der Waals surface area contributed by atoms with Crippen molar-refractivity contribution in [3.05, 3.63) is 112 Å². The van der Waals surface area contributed by atoms with E-state index in [1.807, 2.05) is 6.92 Å². The largest absolute Gasteiger partial charge is 0.418 e. The number of benzene rings is 3. The smallest absolute Gasteiger partial charge is 0.317 e. The van der Waals surface area contributed by atoms with Crippen LogP contribution in [0.15, 0.2) is 88.9 Å². The Balaban J connectivity index is 1.57. The summed E-state index contributed by atoms with van der Waals surface area (Å²) < 4.78 is 70.2. The van der Waals surface area contributed by atoms with Gasteiger partial charge in [-0.15, -0.1) is 0 Å². The zero-order valence-electron chi connectivity index (χ0n) is 22.3. The number of nitrogens with one attached hydrogen (secondary N) is 1. The van der Waals surface area contributed by atoms with Gasteiger partial charge in [-0.05, 0) is 75.4 Å². The summed E-state index contributed by atoms with van der Waals surface area (Å²) in [5.41, 5.74) is 4.18. The highest BCUT2D eigenvalue weighted by atomic mass is 35.5. The first kappa shape index (κ1) is 29.9. The lowest BCUT2D eigenvalue weighted by atomic mass is 10.1. The predicted molar refractivity (Wildman–Crippen MR) is 153 cm³/mol. The zero-order chi connectivity index (χ0) is 29.9. The monoisotopic (exact) mass is 602 g/mol. The summed E-state index contributed by atoms with van der Waals surface area (Å²) in [4.78, 5) is 12.8. The van der Waals surface area contributed by atoms with Gasteiger partial charge in [0.25, 0.3) is 15.9 Å². The van der Waals surface area contributed by atoms with Gasteiger partial charge >= 0.3 is 6.18 Å². The molecule has 1 amide bonds. The number of carbonyl (C=O) groups is 1. The summed E-state index contributed by atoms with van der Waals surface area (Å²) in [5.74, 6) is -0.726. The number of carbonyl (C=O) groups excluding carboxylic acids is 1. The second-order valence-corrected chi connectivity index (χ2v) is 11.6. The van der Waals surface area contributed by atoms with Crippen LogP contribution in [0, 0.1) is 20.8 Å². The van der Waals surface area contributed by atoms with Crippen molar-refractivity contribution in [2.45, 2.75) is 31.8 Å². The number of hydrazone groups is 1. The molecule has 0 saturated heterocycles. The van der Waals surface area contributed by atoms with E-state index in [1.165, 1.54) is 53.2 Å². The zero-order valence-corrected chi connectivity index (χ0v) is 23.8. The number of aromatic nitrogens is 1. The maximum Gasteiger partial charge on any atom is 0.418 e. The Hall–Kier alpha value is -4.09. The first-order chi connectivity index (χ1) is 19.3. The quantitative estimate of drug-likeness (QED) is 0.187. The summed E-state index contributed by atoms with van der Waals surface area (Å²) in [6.07, 6.45) is -3.24. The van der Waals surface area contributed by atoms with Crippen LogP contribution in [0.3, 0.4) is 0 Å². The van der Waals surface area contributed by atoms with Gasteiger partial charge in [0.1, 0.15) is 6.54 Å². The standard InChI is InChI=1S/C29H26ClF3N4O3S/c1-19-8-12-24(13-9-19)36(41(39,40)25-14-10-23(30)11-15-25)18-28(38)35-34-17-22-16-20(2)37(21(22)3)27-7-5-4-6-26(27)29(31,32)33/h4-17H,18H2,1-3H3,(H,35,38)/b34-17-. The summed E-state index contributed by atoms with van der Waals surface area (Å²) in [6.45, 7) is 4.57. The minimum absolute atomic E-state index is 0.0279. The average molecular weight is 603 g/mol. The lowest BCUT2D eigenvalue weighted by Crippen LogP contribution is -2.39. The molecule has 1 aromatic heterocycles. The molecule has 0 bridgehead atoms. The minimum atomic E-state index is -4.54. The van der Waals surface area contributed by atoms with Crippen molar-refractivity contribution >= 4 is 39.4 Å². The van der Waals surface area contributed by atoms with Crippen LogP contribution in [0.2, 0.25) is 5.02 Å². The Kier molecular flexibility index (Phi) is 8.60. The lowest BCUT2D eigenvalue weighted by molar-refractivity contribution is -0.137. The molecule has 12 heteroatoms. The molecule has 1 N–H and O–H groups in total. The molecular formula is C29H26ClF3N4O3S. The molecule has 0 aliphatic carbocycles. The number of halogens is 4. The fraction of sp³-hybridized carbons (Fsp3) is 0.172. The van der Waals surface area contributed by atoms with Gasteiger partial charge in [0.05, 0.1) is 28.0 Å². The molecule has 0 aliphatic heterocycles. The molecule has 0 saturated carbocycles. The molecule has 0 atom stereocenters. The highest BCUT2D eigenvalue weighted by Crippen LogP contribution is 2.35. The van der Waals surface area contributed by atoms with E-state index < -0.39 is 34.2 Å². The Morgan fingerprint density at radius 2 is 1.63 bits per heavy atom. The summed E-state index contributed by atoms with van der Waals surface area (Å²) in [6, 6.07) is 19.1. The Morgan fingerprint density at radius 1 is 1.00 bits per heavy atom. The number of aryl methyl sites for hydroxylation is 2. The number of hydrogen-bond donors (Lipinski definition) is 1. The molecule has 0 unspecified atom stereocenters. The van der Waals surface area contributed by atoms with Gasteiger partial charge in [-0.3, -0.25) is 9.10 Å². The van der Waals surface area contributed by atoms with Gasteiger partial charge in [0.15, 0.2) is 0 Å². The number of sulfonamides is 1. The first-order valence-corrected chi connectivity index (χ1v) is 14.1. The van der Waals surface area contributed by atoms with E-state index in [4.69, 9.17) is 11.6 Å². The number of rotatable bonds is 8. The Bertz CT molecular complexity index is 1700. The van der Waals surface area contributed by atoms with Crippen molar-refractivity contribution in [3.8, 4) is 5.69 Å². The first-order valence-electron chi connectivity index (χ1n) is 12.3. The normalized spacial score (nSPS) is 12.1. The summed E-state index contributed by atoms with van der Waals surface area (Å²) in [7, 11) is -4.15. The average Bonchev–Trinajstić information content (AvgIpc) is 3.20. The summed E-state index contributed by atoms with van der Waals surface area (Å²) >= 11 is 5.91. The van der Waals surface area contributed by atoms with E-state index in [9.17, 15) is 26.4 Å². The van der Waals surface area contributed by atoms with Gasteiger partial charge in [0, 0.05) is 22.0 Å². The molecule has 0 radical (unpaired) electrons. The molecule has 1 heterocycles. The minimum Gasteiger partial charge on any atom is -0.317 e. The fourth-order valence-corrected chi connectivity index (χ4v) is 5.84.